The molecule has 1 aromatic rings. The van der Waals surface area contributed by atoms with Crippen LogP contribution in [0.5, 0.6) is 0 Å². The fourth-order valence-electron chi connectivity index (χ4n) is 1.18. The van der Waals surface area contributed by atoms with Crippen LogP contribution in [0.25, 0.3) is 0 Å². The minimum Gasteiger partial charge on any atom is -0.392 e. The van der Waals surface area contributed by atoms with Crippen LogP contribution in [0.4, 0.5) is 0 Å². The maximum absolute atomic E-state index is 8.87. The first-order valence-corrected chi connectivity index (χ1v) is 6.15. The Morgan fingerprint density at radius 1 is 1.20 bits per heavy atom. The molecule has 0 fully saturated rings. The third-order valence-corrected chi connectivity index (χ3v) is 3.17. The molecule has 15 heavy (non-hydrogen) atoms. The molecule has 0 amide bonds. The van der Waals surface area contributed by atoms with Crippen LogP contribution in [-0.2, 0) is 12.4 Å². The highest BCUT2D eigenvalue weighted by atomic mass is 32.2. The van der Waals surface area contributed by atoms with E-state index in [1.165, 1.54) is 5.56 Å². The van der Waals surface area contributed by atoms with Crippen molar-refractivity contribution in [1.82, 2.24) is 0 Å². The lowest BCUT2D eigenvalue weighted by atomic mass is 10.2. The molecule has 0 spiro atoms. The van der Waals surface area contributed by atoms with Crippen LogP contribution < -0.4 is 0 Å². The van der Waals surface area contributed by atoms with Crippen LogP contribution >= 0.6 is 11.8 Å². The number of hydrogen-bond acceptors (Lipinski definition) is 3. The Kier molecular flexibility index (Phi) is 5.91. The van der Waals surface area contributed by atoms with E-state index in [9.17, 15) is 0 Å². The van der Waals surface area contributed by atoms with Crippen LogP contribution in [0.1, 0.15) is 24.0 Å². The number of benzene rings is 1. The molecule has 0 aliphatic carbocycles. The fraction of sp³-hybridized carbons (Fsp3) is 0.417. The van der Waals surface area contributed by atoms with Gasteiger partial charge in [-0.15, -0.1) is 0 Å². The lowest BCUT2D eigenvalue weighted by Crippen LogP contribution is -1.86. The second-order valence-electron chi connectivity index (χ2n) is 3.29. The number of thioether (sulfide) groups is 1. The van der Waals surface area contributed by atoms with Crippen molar-refractivity contribution in [1.29, 1.82) is 5.26 Å². The Balaban J connectivity index is 2.23. The zero-order chi connectivity index (χ0) is 10.9. The van der Waals surface area contributed by atoms with Crippen LogP contribution in [-0.4, -0.2) is 10.9 Å². The molecule has 1 rings (SSSR count). The van der Waals surface area contributed by atoms with Crippen molar-refractivity contribution >= 4 is 11.8 Å². The van der Waals surface area contributed by atoms with Gasteiger partial charge in [0.25, 0.3) is 0 Å². The minimum atomic E-state index is 0.107. The standard InChI is InChI=1S/C12H15NOS/c13-7-1-2-8-15-10-12-5-3-11(9-14)4-6-12/h3-6,14H,1-2,8-10H2. The highest BCUT2D eigenvalue weighted by Crippen LogP contribution is 2.14. The summed E-state index contributed by atoms with van der Waals surface area (Å²) < 4.78 is 0. The van der Waals surface area contributed by atoms with Gasteiger partial charge < -0.3 is 5.11 Å². The molecule has 0 atom stereocenters. The van der Waals surface area contributed by atoms with Crippen molar-refractivity contribution in [3.8, 4) is 6.07 Å². The van der Waals surface area contributed by atoms with Crippen LogP contribution in [0, 0.1) is 11.3 Å². The predicted octanol–water partition coefficient (Wildman–Crippen LogP) is 2.72. The van der Waals surface area contributed by atoms with Gasteiger partial charge in [0.1, 0.15) is 0 Å². The Labute approximate surface area is 94.9 Å². The Morgan fingerprint density at radius 2 is 1.87 bits per heavy atom. The fourth-order valence-corrected chi connectivity index (χ4v) is 2.11. The van der Waals surface area contributed by atoms with Gasteiger partial charge in [-0.25, -0.2) is 0 Å². The van der Waals surface area contributed by atoms with E-state index in [2.05, 4.69) is 6.07 Å². The molecule has 0 aliphatic heterocycles. The van der Waals surface area contributed by atoms with E-state index < -0.39 is 0 Å². The van der Waals surface area contributed by atoms with Gasteiger partial charge in [0.15, 0.2) is 0 Å². The quantitative estimate of drug-likeness (QED) is 0.751. The first-order valence-electron chi connectivity index (χ1n) is 5.00. The Bertz CT molecular complexity index is 315. The second-order valence-corrected chi connectivity index (χ2v) is 4.39. The van der Waals surface area contributed by atoms with Crippen molar-refractivity contribution in [2.45, 2.75) is 25.2 Å². The van der Waals surface area contributed by atoms with Crippen LogP contribution in [0.2, 0.25) is 0 Å². The van der Waals surface area contributed by atoms with E-state index in [-0.39, 0.29) is 6.61 Å². The molecule has 0 heterocycles. The van der Waals surface area contributed by atoms with Gasteiger partial charge in [0.05, 0.1) is 12.7 Å². The smallest absolute Gasteiger partial charge is 0.0681 e. The summed E-state index contributed by atoms with van der Waals surface area (Å²) in [6, 6.07) is 10.1. The molecule has 0 aliphatic rings. The molecule has 2 nitrogen and oxygen atoms in total. The summed E-state index contributed by atoms with van der Waals surface area (Å²) in [6.45, 7) is 0.107. The largest absolute Gasteiger partial charge is 0.392 e. The summed E-state index contributed by atoms with van der Waals surface area (Å²) in [5, 5.41) is 17.2. The lowest BCUT2D eigenvalue weighted by molar-refractivity contribution is 0.282. The topological polar surface area (TPSA) is 44.0 Å². The zero-order valence-corrected chi connectivity index (χ0v) is 9.46. The average Bonchev–Trinajstić information content (AvgIpc) is 2.30. The van der Waals surface area contributed by atoms with E-state index in [0.29, 0.717) is 6.42 Å². The predicted molar refractivity (Wildman–Crippen MR) is 63.4 cm³/mol. The molecule has 3 heteroatoms. The first-order chi connectivity index (χ1) is 7.36. The van der Waals surface area contributed by atoms with Gasteiger partial charge in [0, 0.05) is 12.2 Å². The summed E-state index contributed by atoms with van der Waals surface area (Å²) >= 11 is 1.85. The van der Waals surface area contributed by atoms with E-state index in [0.717, 1.165) is 23.5 Å². The minimum absolute atomic E-state index is 0.107. The van der Waals surface area contributed by atoms with E-state index in [1.54, 1.807) is 0 Å². The number of nitriles is 1. The van der Waals surface area contributed by atoms with Crippen molar-refractivity contribution in [2.75, 3.05) is 5.75 Å². The van der Waals surface area contributed by atoms with Crippen molar-refractivity contribution in [3.63, 3.8) is 0 Å². The van der Waals surface area contributed by atoms with E-state index in [4.69, 9.17) is 10.4 Å². The zero-order valence-electron chi connectivity index (χ0n) is 8.65. The van der Waals surface area contributed by atoms with Gasteiger partial charge >= 0.3 is 0 Å². The number of rotatable bonds is 6. The van der Waals surface area contributed by atoms with Crippen molar-refractivity contribution in [2.24, 2.45) is 0 Å². The van der Waals surface area contributed by atoms with E-state index in [1.807, 2.05) is 36.0 Å². The third-order valence-electron chi connectivity index (χ3n) is 2.05. The third kappa shape index (κ3) is 4.87. The summed E-state index contributed by atoms with van der Waals surface area (Å²) in [7, 11) is 0. The number of nitrogens with zero attached hydrogens (tertiary/aromatic N) is 1. The molecule has 0 saturated heterocycles. The van der Waals surface area contributed by atoms with Gasteiger partial charge in [-0.3, -0.25) is 0 Å². The molecule has 1 N–H and O–H groups in total. The lowest BCUT2D eigenvalue weighted by Gasteiger charge is -2.02. The normalized spacial score (nSPS) is 9.87. The SMILES string of the molecule is N#CCCCSCc1ccc(CO)cc1. The highest BCUT2D eigenvalue weighted by Gasteiger charge is 1.94. The molecule has 0 radical (unpaired) electrons. The molecule has 0 saturated carbocycles. The Hall–Kier alpha value is -0.980. The Morgan fingerprint density at radius 3 is 2.47 bits per heavy atom. The van der Waals surface area contributed by atoms with Gasteiger partial charge in [0.2, 0.25) is 0 Å². The van der Waals surface area contributed by atoms with Gasteiger partial charge in [-0.05, 0) is 23.3 Å². The van der Waals surface area contributed by atoms with Crippen molar-refractivity contribution < 1.29 is 5.11 Å². The van der Waals surface area contributed by atoms with Gasteiger partial charge in [-0.2, -0.15) is 17.0 Å². The molecule has 0 unspecified atom stereocenters. The van der Waals surface area contributed by atoms with Crippen LogP contribution in [0.15, 0.2) is 24.3 Å². The first kappa shape index (κ1) is 12.1. The highest BCUT2D eigenvalue weighted by molar-refractivity contribution is 7.98. The molecule has 0 bridgehead atoms. The number of aliphatic hydroxyl groups is 1. The maximum atomic E-state index is 8.87. The summed E-state index contributed by atoms with van der Waals surface area (Å²) in [4.78, 5) is 0. The monoisotopic (exact) mass is 221 g/mol. The second kappa shape index (κ2) is 7.33. The van der Waals surface area contributed by atoms with E-state index >= 15 is 0 Å². The summed E-state index contributed by atoms with van der Waals surface area (Å²) in [6.07, 6.45) is 1.62. The molecular formula is C12H15NOS. The summed E-state index contributed by atoms with van der Waals surface area (Å²) in [5.41, 5.74) is 2.22. The molecule has 80 valence electrons. The number of unbranched alkanes of at least 4 members (excludes halogenated alkanes) is 1. The number of hydrogen-bond donors (Lipinski definition) is 1. The summed E-state index contributed by atoms with van der Waals surface area (Å²) in [5.74, 6) is 2.02. The van der Waals surface area contributed by atoms with Gasteiger partial charge in [-0.1, -0.05) is 24.3 Å². The molecule has 0 aromatic heterocycles. The average molecular weight is 221 g/mol. The number of aliphatic hydroxyl groups excluding tert-OH is 1. The maximum Gasteiger partial charge on any atom is 0.0681 e. The molecule has 1 aromatic carbocycles. The van der Waals surface area contributed by atoms with Crippen LogP contribution in [0.3, 0.4) is 0 Å². The van der Waals surface area contributed by atoms with Crippen molar-refractivity contribution in [3.05, 3.63) is 35.4 Å². The molecular weight excluding hydrogens is 206 g/mol.